The monoisotopic (exact) mass is 314 g/mol. The molecular formula is C13H19BrN2O2. The summed E-state index contributed by atoms with van der Waals surface area (Å²) in [6.45, 7) is 6.89. The van der Waals surface area contributed by atoms with Crippen molar-refractivity contribution in [3.05, 3.63) is 32.3 Å². The smallest absolute Gasteiger partial charge is 0.274 e. The van der Waals surface area contributed by atoms with Crippen LogP contribution in [0.2, 0.25) is 0 Å². The molecule has 0 heterocycles. The summed E-state index contributed by atoms with van der Waals surface area (Å²) in [6, 6.07) is 3.38. The number of hydrogen-bond donors (Lipinski definition) is 1. The second kappa shape index (κ2) is 6.73. The van der Waals surface area contributed by atoms with E-state index in [0.29, 0.717) is 11.5 Å². The molecule has 100 valence electrons. The number of nitrogens with one attached hydrogen (secondary N) is 1. The van der Waals surface area contributed by atoms with Crippen molar-refractivity contribution >= 4 is 27.3 Å². The normalized spacial score (nSPS) is 10.7. The molecule has 0 radical (unpaired) electrons. The molecule has 1 rings (SSSR count). The van der Waals surface area contributed by atoms with Gasteiger partial charge in [-0.2, -0.15) is 0 Å². The molecule has 0 aromatic heterocycles. The van der Waals surface area contributed by atoms with Gasteiger partial charge in [0.05, 0.1) is 10.6 Å². The van der Waals surface area contributed by atoms with Crippen LogP contribution in [0.4, 0.5) is 11.4 Å². The van der Waals surface area contributed by atoms with E-state index in [-0.39, 0.29) is 10.6 Å². The number of halogens is 1. The van der Waals surface area contributed by atoms with E-state index in [0.717, 1.165) is 29.5 Å². The average molecular weight is 315 g/mol. The van der Waals surface area contributed by atoms with Crippen molar-refractivity contribution in [1.82, 2.24) is 0 Å². The summed E-state index contributed by atoms with van der Waals surface area (Å²) in [5.41, 5.74) is 1.62. The van der Waals surface area contributed by atoms with Crippen LogP contribution in [0.15, 0.2) is 16.6 Å². The summed E-state index contributed by atoms with van der Waals surface area (Å²) in [7, 11) is 0. The van der Waals surface area contributed by atoms with Crippen molar-refractivity contribution in [2.75, 3.05) is 11.9 Å². The molecule has 0 aliphatic heterocycles. The van der Waals surface area contributed by atoms with Gasteiger partial charge >= 0.3 is 0 Å². The SMILES string of the molecule is CCC(CC)CNc1cc([N+](=O)[O-])c(C)cc1Br. The zero-order chi connectivity index (χ0) is 13.7. The fraction of sp³-hybridized carbons (Fsp3) is 0.538. The Bertz CT molecular complexity index is 431. The molecule has 1 aromatic carbocycles. The Morgan fingerprint density at radius 3 is 2.50 bits per heavy atom. The van der Waals surface area contributed by atoms with Crippen molar-refractivity contribution in [2.45, 2.75) is 33.6 Å². The van der Waals surface area contributed by atoms with E-state index in [9.17, 15) is 10.1 Å². The maximum Gasteiger partial charge on any atom is 0.274 e. The summed E-state index contributed by atoms with van der Waals surface area (Å²) in [5, 5.41) is 14.2. The summed E-state index contributed by atoms with van der Waals surface area (Å²) >= 11 is 3.44. The highest BCUT2D eigenvalue weighted by Crippen LogP contribution is 2.30. The minimum absolute atomic E-state index is 0.158. The first-order valence-corrected chi connectivity index (χ1v) is 6.97. The number of rotatable bonds is 6. The highest BCUT2D eigenvalue weighted by molar-refractivity contribution is 9.10. The molecule has 18 heavy (non-hydrogen) atoms. The van der Waals surface area contributed by atoms with Crippen LogP contribution in [0.25, 0.3) is 0 Å². The Hall–Kier alpha value is -1.10. The van der Waals surface area contributed by atoms with Gasteiger partial charge in [0, 0.05) is 22.6 Å². The lowest BCUT2D eigenvalue weighted by molar-refractivity contribution is -0.385. The van der Waals surface area contributed by atoms with Gasteiger partial charge in [0.2, 0.25) is 0 Å². The zero-order valence-corrected chi connectivity index (χ0v) is 12.6. The first-order valence-electron chi connectivity index (χ1n) is 6.17. The van der Waals surface area contributed by atoms with E-state index < -0.39 is 0 Å². The van der Waals surface area contributed by atoms with Crippen LogP contribution in [0.3, 0.4) is 0 Å². The molecule has 0 aliphatic carbocycles. The van der Waals surface area contributed by atoms with Gasteiger partial charge in [0.25, 0.3) is 5.69 Å². The number of benzene rings is 1. The van der Waals surface area contributed by atoms with Crippen LogP contribution < -0.4 is 5.32 Å². The summed E-state index contributed by atoms with van der Waals surface area (Å²) < 4.78 is 0.872. The van der Waals surface area contributed by atoms with E-state index in [1.165, 1.54) is 0 Å². The quantitative estimate of drug-likeness (QED) is 0.620. The molecule has 0 saturated carbocycles. The number of aryl methyl sites for hydroxylation is 1. The number of hydrogen-bond acceptors (Lipinski definition) is 3. The number of nitro benzene ring substituents is 1. The molecule has 0 saturated heterocycles. The predicted octanol–water partition coefficient (Wildman–Crippen LogP) is 4.51. The minimum atomic E-state index is -0.343. The molecule has 0 spiro atoms. The third-order valence-corrected chi connectivity index (χ3v) is 3.87. The van der Waals surface area contributed by atoms with Crippen LogP contribution in [-0.4, -0.2) is 11.5 Å². The second-order valence-electron chi connectivity index (χ2n) is 4.44. The zero-order valence-electron chi connectivity index (χ0n) is 11.0. The summed E-state index contributed by atoms with van der Waals surface area (Å²) in [6.07, 6.45) is 2.21. The van der Waals surface area contributed by atoms with Crippen molar-refractivity contribution in [3.8, 4) is 0 Å². The van der Waals surface area contributed by atoms with E-state index in [1.54, 1.807) is 19.1 Å². The van der Waals surface area contributed by atoms with Crippen LogP contribution in [0, 0.1) is 23.0 Å². The molecule has 0 aliphatic rings. The van der Waals surface area contributed by atoms with Crippen LogP contribution in [0.1, 0.15) is 32.3 Å². The molecule has 5 heteroatoms. The lowest BCUT2D eigenvalue weighted by atomic mass is 10.0. The van der Waals surface area contributed by atoms with Crippen LogP contribution >= 0.6 is 15.9 Å². The maximum absolute atomic E-state index is 10.9. The molecule has 1 N–H and O–H groups in total. The van der Waals surface area contributed by atoms with Crippen LogP contribution in [-0.2, 0) is 0 Å². The first kappa shape index (κ1) is 15.0. The van der Waals surface area contributed by atoms with E-state index in [2.05, 4.69) is 35.1 Å². The fourth-order valence-corrected chi connectivity index (χ4v) is 2.42. The molecule has 0 amide bonds. The summed E-state index contributed by atoms with van der Waals surface area (Å²) in [4.78, 5) is 10.6. The molecular weight excluding hydrogens is 296 g/mol. The molecule has 0 bridgehead atoms. The third-order valence-electron chi connectivity index (χ3n) is 3.22. The van der Waals surface area contributed by atoms with Gasteiger partial charge in [-0.25, -0.2) is 0 Å². The van der Waals surface area contributed by atoms with Gasteiger partial charge in [-0.05, 0) is 34.8 Å². The van der Waals surface area contributed by atoms with E-state index in [4.69, 9.17) is 0 Å². The van der Waals surface area contributed by atoms with Gasteiger partial charge in [-0.3, -0.25) is 10.1 Å². The van der Waals surface area contributed by atoms with Gasteiger partial charge in [-0.15, -0.1) is 0 Å². The Morgan fingerprint density at radius 2 is 2.00 bits per heavy atom. The van der Waals surface area contributed by atoms with Gasteiger partial charge in [0.15, 0.2) is 0 Å². The van der Waals surface area contributed by atoms with E-state index >= 15 is 0 Å². The number of anilines is 1. The molecule has 0 unspecified atom stereocenters. The van der Waals surface area contributed by atoms with Crippen molar-refractivity contribution in [2.24, 2.45) is 5.92 Å². The molecule has 1 aromatic rings. The van der Waals surface area contributed by atoms with Gasteiger partial charge in [0.1, 0.15) is 0 Å². The minimum Gasteiger partial charge on any atom is -0.384 e. The molecule has 4 nitrogen and oxygen atoms in total. The lowest BCUT2D eigenvalue weighted by Crippen LogP contribution is -2.13. The fourth-order valence-electron chi connectivity index (χ4n) is 1.83. The Morgan fingerprint density at radius 1 is 1.39 bits per heavy atom. The Labute approximate surface area is 116 Å². The maximum atomic E-state index is 10.9. The number of nitro groups is 1. The van der Waals surface area contributed by atoms with Crippen molar-refractivity contribution in [1.29, 1.82) is 0 Å². The summed E-state index contributed by atoms with van der Waals surface area (Å²) in [5.74, 6) is 0.595. The second-order valence-corrected chi connectivity index (χ2v) is 5.29. The van der Waals surface area contributed by atoms with Crippen molar-refractivity contribution < 1.29 is 4.92 Å². The Kier molecular flexibility index (Phi) is 5.59. The van der Waals surface area contributed by atoms with Gasteiger partial charge < -0.3 is 5.32 Å². The van der Waals surface area contributed by atoms with E-state index in [1.807, 2.05) is 0 Å². The largest absolute Gasteiger partial charge is 0.384 e. The average Bonchev–Trinajstić information content (AvgIpc) is 2.32. The standard InChI is InChI=1S/C13H19BrN2O2/c1-4-10(5-2)8-15-12-7-13(16(17)18)9(3)6-11(12)14/h6-7,10,15H,4-5,8H2,1-3H3. The number of nitrogens with zero attached hydrogens (tertiary/aromatic N) is 1. The first-order chi connectivity index (χ1) is 8.49. The topological polar surface area (TPSA) is 55.2 Å². The van der Waals surface area contributed by atoms with Gasteiger partial charge in [-0.1, -0.05) is 26.7 Å². The van der Waals surface area contributed by atoms with Crippen LogP contribution in [0.5, 0.6) is 0 Å². The third kappa shape index (κ3) is 3.70. The highest BCUT2D eigenvalue weighted by Gasteiger charge is 2.14. The molecule has 0 fully saturated rings. The predicted molar refractivity (Wildman–Crippen MR) is 78.1 cm³/mol. The van der Waals surface area contributed by atoms with Crippen molar-refractivity contribution in [3.63, 3.8) is 0 Å². The lowest BCUT2D eigenvalue weighted by Gasteiger charge is -2.15. The Balaban J connectivity index is 2.88. The highest BCUT2D eigenvalue weighted by atomic mass is 79.9. The molecule has 0 atom stereocenters.